The molecule has 0 N–H and O–H groups in total. The number of halogens is 3. The fourth-order valence-electron chi connectivity index (χ4n) is 2.96. The lowest BCUT2D eigenvalue weighted by atomic mass is 10.1. The highest BCUT2D eigenvalue weighted by Gasteiger charge is 2.28. The summed E-state index contributed by atoms with van der Waals surface area (Å²) in [6.07, 6.45) is 3.16. The maximum absolute atomic E-state index is 14.3. The molecule has 5 nitrogen and oxygen atoms in total. The van der Waals surface area contributed by atoms with Gasteiger partial charge in [-0.05, 0) is 35.9 Å². The van der Waals surface area contributed by atoms with E-state index in [9.17, 15) is 13.6 Å². The maximum Gasteiger partial charge on any atom is 0.266 e. The van der Waals surface area contributed by atoms with Gasteiger partial charge in [0.05, 0.1) is 23.4 Å². The summed E-state index contributed by atoms with van der Waals surface area (Å²) in [5.74, 6) is -2.29. The summed E-state index contributed by atoms with van der Waals surface area (Å²) in [6, 6.07) is 10.1. The van der Waals surface area contributed by atoms with Gasteiger partial charge in [-0.3, -0.25) is 14.7 Å². The van der Waals surface area contributed by atoms with Gasteiger partial charge in [-0.25, -0.2) is 13.8 Å². The Morgan fingerprint density at radius 1 is 1.17 bits per heavy atom. The van der Waals surface area contributed by atoms with Crippen LogP contribution in [0.15, 0.2) is 54.9 Å². The summed E-state index contributed by atoms with van der Waals surface area (Å²) in [5.41, 5.74) is 0.474. The molecule has 0 atom stereocenters. The molecule has 0 saturated carbocycles. The number of fused-ring (bicyclic) bond motifs is 1. The Hall–Kier alpha value is -3.10. The highest BCUT2D eigenvalue weighted by Crippen LogP contribution is 2.39. The van der Waals surface area contributed by atoms with E-state index in [0.717, 1.165) is 23.5 Å². The van der Waals surface area contributed by atoms with Crippen LogP contribution in [-0.2, 0) is 6.54 Å². The van der Waals surface area contributed by atoms with Crippen molar-refractivity contribution in [2.45, 2.75) is 6.54 Å². The highest BCUT2D eigenvalue weighted by atomic mass is 35.5. The normalized spacial score (nSPS) is 10.9. The number of benzene rings is 2. The average Bonchev–Trinajstić information content (AvgIpc) is 3.19. The van der Waals surface area contributed by atoms with Crippen LogP contribution in [0.4, 0.5) is 13.9 Å². The SMILES string of the molecule is COc1ccc(Cl)c2sc(N(Cc3cccnc3)C(=O)c3c(F)cccc3F)nc12. The second-order valence-electron chi connectivity index (χ2n) is 6.27. The molecule has 30 heavy (non-hydrogen) atoms. The van der Waals surface area contributed by atoms with Crippen molar-refractivity contribution >= 4 is 44.2 Å². The van der Waals surface area contributed by atoms with Gasteiger partial charge in [-0.15, -0.1) is 0 Å². The summed E-state index contributed by atoms with van der Waals surface area (Å²) >= 11 is 7.42. The first-order chi connectivity index (χ1) is 14.5. The Bertz CT molecular complexity index is 1210. The van der Waals surface area contributed by atoms with E-state index in [2.05, 4.69) is 9.97 Å². The van der Waals surface area contributed by atoms with Crippen LogP contribution >= 0.6 is 22.9 Å². The van der Waals surface area contributed by atoms with Crippen molar-refractivity contribution in [2.75, 3.05) is 12.0 Å². The summed E-state index contributed by atoms with van der Waals surface area (Å²) in [6.45, 7) is 0.0141. The van der Waals surface area contributed by atoms with Gasteiger partial charge in [0.1, 0.15) is 28.5 Å². The molecule has 0 saturated heterocycles. The first-order valence-electron chi connectivity index (χ1n) is 8.77. The molecule has 0 aliphatic rings. The van der Waals surface area contributed by atoms with Gasteiger partial charge >= 0.3 is 0 Å². The van der Waals surface area contributed by atoms with Gasteiger partial charge in [-0.1, -0.05) is 35.1 Å². The fourth-order valence-corrected chi connectivity index (χ4v) is 4.21. The van der Waals surface area contributed by atoms with Crippen LogP contribution in [0.1, 0.15) is 15.9 Å². The molecule has 152 valence electrons. The minimum Gasteiger partial charge on any atom is -0.494 e. The summed E-state index contributed by atoms with van der Waals surface area (Å²) in [5, 5.41) is 0.660. The number of anilines is 1. The van der Waals surface area contributed by atoms with Crippen molar-refractivity contribution in [3.05, 3.63) is 82.6 Å². The lowest BCUT2D eigenvalue weighted by Gasteiger charge is -2.20. The van der Waals surface area contributed by atoms with Crippen molar-refractivity contribution in [3.63, 3.8) is 0 Å². The summed E-state index contributed by atoms with van der Waals surface area (Å²) < 4.78 is 34.6. The number of rotatable bonds is 5. The first kappa shape index (κ1) is 20.2. The number of thiazole rings is 1. The van der Waals surface area contributed by atoms with Crippen molar-refractivity contribution in [1.29, 1.82) is 0 Å². The van der Waals surface area contributed by atoms with Crippen molar-refractivity contribution in [3.8, 4) is 5.75 Å². The number of carbonyl (C=O) groups excluding carboxylic acids is 1. The summed E-state index contributed by atoms with van der Waals surface area (Å²) in [4.78, 5) is 23.0. The van der Waals surface area contributed by atoms with Crippen LogP contribution in [0, 0.1) is 11.6 Å². The Labute approximate surface area is 179 Å². The van der Waals surface area contributed by atoms with E-state index in [1.165, 1.54) is 18.1 Å². The Kier molecular flexibility index (Phi) is 5.61. The molecule has 2 aromatic heterocycles. The summed E-state index contributed by atoms with van der Waals surface area (Å²) in [7, 11) is 1.50. The van der Waals surface area contributed by atoms with Crippen LogP contribution in [-0.4, -0.2) is 23.0 Å². The van der Waals surface area contributed by atoms with Crippen LogP contribution in [0.5, 0.6) is 5.75 Å². The predicted octanol–water partition coefficient (Wildman–Crippen LogP) is 5.48. The third-order valence-electron chi connectivity index (χ3n) is 4.38. The number of carbonyl (C=O) groups is 1. The van der Waals surface area contributed by atoms with Gasteiger partial charge in [0.25, 0.3) is 5.91 Å². The van der Waals surface area contributed by atoms with E-state index in [1.807, 2.05) is 0 Å². The number of ether oxygens (including phenoxy) is 1. The van der Waals surface area contributed by atoms with Crippen LogP contribution in [0.25, 0.3) is 10.2 Å². The van der Waals surface area contributed by atoms with Gasteiger partial charge in [0, 0.05) is 12.4 Å². The molecule has 0 bridgehead atoms. The third-order valence-corrected chi connectivity index (χ3v) is 5.92. The van der Waals surface area contributed by atoms with E-state index in [-0.39, 0.29) is 11.7 Å². The quantitative estimate of drug-likeness (QED) is 0.408. The molecule has 2 heterocycles. The molecular weight excluding hydrogens is 432 g/mol. The van der Waals surface area contributed by atoms with Crippen molar-refractivity contribution in [2.24, 2.45) is 0 Å². The molecule has 1 amide bonds. The molecule has 0 radical (unpaired) electrons. The smallest absolute Gasteiger partial charge is 0.266 e. The van der Waals surface area contributed by atoms with E-state index in [4.69, 9.17) is 16.3 Å². The number of hydrogen-bond donors (Lipinski definition) is 0. The van der Waals surface area contributed by atoms with E-state index < -0.39 is 23.1 Å². The molecule has 0 unspecified atom stereocenters. The number of aromatic nitrogens is 2. The monoisotopic (exact) mass is 445 g/mol. The highest BCUT2D eigenvalue weighted by molar-refractivity contribution is 7.23. The zero-order chi connectivity index (χ0) is 21.3. The van der Waals surface area contributed by atoms with Crippen LogP contribution in [0.2, 0.25) is 5.02 Å². The minimum absolute atomic E-state index is 0.0141. The minimum atomic E-state index is -0.951. The molecule has 0 aliphatic carbocycles. The average molecular weight is 446 g/mol. The number of hydrogen-bond acceptors (Lipinski definition) is 5. The second-order valence-corrected chi connectivity index (χ2v) is 7.66. The molecule has 9 heteroatoms. The number of amides is 1. The van der Waals surface area contributed by atoms with E-state index in [1.54, 1.807) is 36.7 Å². The Morgan fingerprint density at radius 3 is 2.60 bits per heavy atom. The van der Waals surface area contributed by atoms with E-state index in [0.29, 0.717) is 26.6 Å². The molecule has 4 aromatic rings. The number of methoxy groups -OCH3 is 1. The third kappa shape index (κ3) is 3.71. The predicted molar refractivity (Wildman–Crippen MR) is 112 cm³/mol. The molecule has 4 rings (SSSR count). The molecule has 0 fully saturated rings. The van der Waals surface area contributed by atoms with Gasteiger partial charge < -0.3 is 4.74 Å². The number of nitrogens with zero attached hydrogens (tertiary/aromatic N) is 3. The lowest BCUT2D eigenvalue weighted by Crippen LogP contribution is -2.32. The topological polar surface area (TPSA) is 55.3 Å². The zero-order valence-electron chi connectivity index (χ0n) is 15.6. The zero-order valence-corrected chi connectivity index (χ0v) is 17.2. The second kappa shape index (κ2) is 8.33. The molecule has 0 aliphatic heterocycles. The van der Waals surface area contributed by atoms with E-state index >= 15 is 0 Å². The Balaban J connectivity index is 1.87. The Morgan fingerprint density at radius 2 is 1.93 bits per heavy atom. The number of pyridine rings is 1. The molecule has 2 aromatic carbocycles. The molecular formula is C21H14ClF2N3O2S. The van der Waals surface area contributed by atoms with Gasteiger partial charge in [-0.2, -0.15) is 0 Å². The van der Waals surface area contributed by atoms with Crippen molar-refractivity contribution < 1.29 is 18.3 Å². The van der Waals surface area contributed by atoms with Gasteiger partial charge in [0.2, 0.25) is 0 Å². The maximum atomic E-state index is 14.3. The fraction of sp³-hybridized carbons (Fsp3) is 0.0952. The first-order valence-corrected chi connectivity index (χ1v) is 9.97. The largest absolute Gasteiger partial charge is 0.494 e. The van der Waals surface area contributed by atoms with Gasteiger partial charge in [0.15, 0.2) is 5.13 Å². The lowest BCUT2D eigenvalue weighted by molar-refractivity contribution is 0.0977. The van der Waals surface area contributed by atoms with Crippen LogP contribution < -0.4 is 9.64 Å². The standard InChI is InChI=1S/C21H14ClF2N3O2S/c1-29-16-8-7-13(22)19-18(16)26-21(30-19)27(11-12-4-3-9-25-10-12)20(28)17-14(23)5-2-6-15(17)24/h2-10H,11H2,1H3. The molecule has 0 spiro atoms. The van der Waals surface area contributed by atoms with Crippen LogP contribution in [0.3, 0.4) is 0 Å². The van der Waals surface area contributed by atoms with Crippen molar-refractivity contribution in [1.82, 2.24) is 9.97 Å².